The monoisotopic (exact) mass is 287 g/mol. The molecule has 0 aliphatic rings. The first-order valence-electron chi connectivity index (χ1n) is 5.87. The summed E-state index contributed by atoms with van der Waals surface area (Å²) in [5, 5.41) is 17.2. The van der Waals surface area contributed by atoms with Crippen molar-refractivity contribution in [1.82, 2.24) is 20.2 Å². The van der Waals surface area contributed by atoms with Gasteiger partial charge in [0.2, 0.25) is 5.69 Å². The van der Waals surface area contributed by atoms with E-state index in [0.717, 1.165) is 0 Å². The number of nitrogens with zero attached hydrogens (tertiary/aromatic N) is 3. The Bertz CT molecular complexity index is 850. The number of benzene rings is 1. The Labute approximate surface area is 117 Å². The van der Waals surface area contributed by atoms with Gasteiger partial charge in [-0.3, -0.25) is 15.2 Å². The van der Waals surface area contributed by atoms with Gasteiger partial charge in [-0.05, 0) is 18.2 Å². The van der Waals surface area contributed by atoms with E-state index in [1.807, 2.05) is 0 Å². The zero-order valence-corrected chi connectivity index (χ0v) is 10.8. The van der Waals surface area contributed by atoms with Crippen molar-refractivity contribution in [2.24, 2.45) is 0 Å². The summed E-state index contributed by atoms with van der Waals surface area (Å²) in [5.74, 6) is -0.229. The summed E-state index contributed by atoms with van der Waals surface area (Å²) in [7, 11) is 1.29. The van der Waals surface area contributed by atoms with Crippen LogP contribution in [0.15, 0.2) is 24.4 Å². The molecule has 1 aromatic carbocycles. The van der Waals surface area contributed by atoms with Crippen LogP contribution >= 0.6 is 0 Å². The number of H-pyrrole nitrogens is 2. The number of hydrogen-bond donors (Lipinski definition) is 2. The maximum atomic E-state index is 11.5. The summed E-state index contributed by atoms with van der Waals surface area (Å²) in [6.45, 7) is 0. The quantitative estimate of drug-likeness (QED) is 0.428. The Morgan fingerprint density at radius 1 is 1.43 bits per heavy atom. The van der Waals surface area contributed by atoms with Crippen LogP contribution in [0, 0.1) is 10.1 Å². The number of hydrogen-bond acceptors (Lipinski definition) is 6. The lowest BCUT2D eigenvalue weighted by molar-refractivity contribution is -0.384. The third-order valence-corrected chi connectivity index (χ3v) is 2.95. The van der Waals surface area contributed by atoms with Gasteiger partial charge in [-0.2, -0.15) is 5.10 Å². The normalized spacial score (nSPS) is 10.7. The average Bonchev–Trinajstić information content (AvgIpc) is 3.11. The van der Waals surface area contributed by atoms with Gasteiger partial charge in [0, 0.05) is 0 Å². The topological polar surface area (TPSA) is 127 Å². The van der Waals surface area contributed by atoms with E-state index in [1.165, 1.54) is 13.3 Å². The van der Waals surface area contributed by atoms with Gasteiger partial charge in [-0.25, -0.2) is 9.78 Å². The lowest BCUT2D eigenvalue weighted by atomic mass is 10.2. The molecular formula is C12H9N5O4. The molecule has 0 aliphatic carbocycles. The minimum Gasteiger partial charge on any atom is -0.465 e. The summed E-state index contributed by atoms with van der Waals surface area (Å²) >= 11 is 0. The molecule has 2 heterocycles. The van der Waals surface area contributed by atoms with Gasteiger partial charge in [0.25, 0.3) is 0 Å². The van der Waals surface area contributed by atoms with Crippen molar-refractivity contribution in [3.05, 3.63) is 40.1 Å². The second-order valence-corrected chi connectivity index (χ2v) is 4.19. The first kappa shape index (κ1) is 12.8. The lowest BCUT2D eigenvalue weighted by Gasteiger charge is -1.97. The van der Waals surface area contributed by atoms with Crippen molar-refractivity contribution in [2.75, 3.05) is 7.11 Å². The highest BCUT2D eigenvalue weighted by Gasteiger charge is 2.21. The van der Waals surface area contributed by atoms with Crippen LogP contribution in [0.5, 0.6) is 0 Å². The predicted molar refractivity (Wildman–Crippen MR) is 71.7 cm³/mol. The van der Waals surface area contributed by atoms with E-state index in [0.29, 0.717) is 16.6 Å². The minimum atomic E-state index is -0.550. The number of aromatic amines is 2. The molecule has 0 radical (unpaired) electrons. The van der Waals surface area contributed by atoms with Gasteiger partial charge in [0.15, 0.2) is 5.82 Å². The molecule has 21 heavy (non-hydrogen) atoms. The van der Waals surface area contributed by atoms with Gasteiger partial charge in [-0.15, -0.1) is 0 Å². The maximum Gasteiger partial charge on any atom is 0.337 e. The largest absolute Gasteiger partial charge is 0.465 e. The molecule has 2 N–H and O–H groups in total. The minimum absolute atomic E-state index is 0.107. The molecular weight excluding hydrogens is 278 g/mol. The number of rotatable bonds is 3. The Kier molecular flexibility index (Phi) is 2.87. The van der Waals surface area contributed by atoms with Crippen molar-refractivity contribution in [2.45, 2.75) is 0 Å². The fourth-order valence-corrected chi connectivity index (χ4v) is 1.96. The van der Waals surface area contributed by atoms with Crippen LogP contribution in [0.4, 0.5) is 5.69 Å². The number of nitro groups is 1. The molecule has 0 saturated carbocycles. The van der Waals surface area contributed by atoms with E-state index in [1.54, 1.807) is 18.2 Å². The smallest absolute Gasteiger partial charge is 0.337 e. The van der Waals surface area contributed by atoms with Crippen LogP contribution in [-0.4, -0.2) is 38.2 Å². The highest BCUT2D eigenvalue weighted by molar-refractivity contribution is 5.94. The number of carbonyl (C=O) groups excluding carboxylic acids is 1. The SMILES string of the molecule is COC(=O)c1ccc2[nH]c(-c3n[nH]cc3[N+](=O)[O-])nc2c1. The molecule has 0 spiro atoms. The van der Waals surface area contributed by atoms with Gasteiger partial charge in [0.1, 0.15) is 6.20 Å². The standard InChI is InChI=1S/C12H9N5O4/c1-21-12(18)6-2-3-7-8(4-6)15-11(14-7)10-9(17(19)20)5-13-16-10/h2-5H,1H3,(H,13,16)(H,14,15). The Morgan fingerprint density at radius 3 is 2.95 bits per heavy atom. The molecule has 0 saturated heterocycles. The molecule has 0 fully saturated rings. The van der Waals surface area contributed by atoms with Crippen LogP contribution in [-0.2, 0) is 4.74 Å². The summed E-state index contributed by atoms with van der Waals surface area (Å²) in [5.41, 5.74) is 1.40. The fourth-order valence-electron chi connectivity index (χ4n) is 1.96. The number of nitrogens with one attached hydrogen (secondary N) is 2. The number of fused-ring (bicyclic) bond motifs is 1. The van der Waals surface area contributed by atoms with E-state index in [4.69, 9.17) is 0 Å². The summed E-state index contributed by atoms with van der Waals surface area (Å²) in [6.07, 6.45) is 1.18. The molecule has 0 aliphatic heterocycles. The second kappa shape index (κ2) is 4.71. The van der Waals surface area contributed by atoms with Crippen LogP contribution < -0.4 is 0 Å². The zero-order chi connectivity index (χ0) is 15.0. The average molecular weight is 287 g/mol. The number of methoxy groups -OCH3 is 1. The molecule has 106 valence electrons. The van der Waals surface area contributed by atoms with E-state index in [9.17, 15) is 14.9 Å². The van der Waals surface area contributed by atoms with Gasteiger partial charge in [0.05, 0.1) is 28.6 Å². The van der Waals surface area contributed by atoms with Crippen LogP contribution in [0.3, 0.4) is 0 Å². The van der Waals surface area contributed by atoms with Crippen molar-refractivity contribution in [1.29, 1.82) is 0 Å². The second-order valence-electron chi connectivity index (χ2n) is 4.19. The third kappa shape index (κ3) is 2.10. The molecule has 3 aromatic rings. The number of ether oxygens (including phenoxy) is 1. The first-order chi connectivity index (χ1) is 10.1. The molecule has 0 unspecified atom stereocenters. The maximum absolute atomic E-state index is 11.5. The van der Waals surface area contributed by atoms with Gasteiger partial charge in [-0.1, -0.05) is 0 Å². The highest BCUT2D eigenvalue weighted by atomic mass is 16.6. The molecule has 0 bridgehead atoms. The number of esters is 1. The summed E-state index contributed by atoms with van der Waals surface area (Å²) in [6, 6.07) is 4.77. The van der Waals surface area contributed by atoms with Crippen molar-refractivity contribution >= 4 is 22.7 Å². The zero-order valence-electron chi connectivity index (χ0n) is 10.8. The predicted octanol–water partition coefficient (Wildman–Crippen LogP) is 1.65. The van der Waals surface area contributed by atoms with Crippen molar-refractivity contribution in [3.63, 3.8) is 0 Å². The van der Waals surface area contributed by atoms with Crippen molar-refractivity contribution < 1.29 is 14.5 Å². The van der Waals surface area contributed by atoms with Crippen LogP contribution in [0.1, 0.15) is 10.4 Å². The summed E-state index contributed by atoms with van der Waals surface area (Å²) in [4.78, 5) is 29.0. The lowest BCUT2D eigenvalue weighted by Crippen LogP contribution is -2.00. The number of aromatic nitrogens is 4. The van der Waals surface area contributed by atoms with E-state index < -0.39 is 10.9 Å². The molecule has 0 amide bonds. The highest BCUT2D eigenvalue weighted by Crippen LogP contribution is 2.27. The van der Waals surface area contributed by atoms with E-state index >= 15 is 0 Å². The van der Waals surface area contributed by atoms with Gasteiger partial charge >= 0.3 is 11.7 Å². The Hall–Kier alpha value is -3.23. The van der Waals surface area contributed by atoms with Crippen LogP contribution in [0.25, 0.3) is 22.6 Å². The van der Waals surface area contributed by atoms with E-state index in [2.05, 4.69) is 24.9 Å². The number of imidazole rings is 1. The Morgan fingerprint density at radius 2 is 2.24 bits per heavy atom. The molecule has 0 atom stereocenters. The molecule has 3 rings (SSSR count). The molecule has 9 nitrogen and oxygen atoms in total. The molecule has 2 aromatic heterocycles. The third-order valence-electron chi connectivity index (χ3n) is 2.95. The fraction of sp³-hybridized carbons (Fsp3) is 0.0833. The van der Waals surface area contributed by atoms with Gasteiger partial charge < -0.3 is 9.72 Å². The Balaban J connectivity index is 2.11. The molecule has 9 heteroatoms. The number of carbonyl (C=O) groups is 1. The van der Waals surface area contributed by atoms with E-state index in [-0.39, 0.29) is 17.2 Å². The first-order valence-corrected chi connectivity index (χ1v) is 5.87. The van der Waals surface area contributed by atoms with Crippen LogP contribution in [0.2, 0.25) is 0 Å². The van der Waals surface area contributed by atoms with Crippen molar-refractivity contribution in [3.8, 4) is 11.5 Å². The summed E-state index contributed by atoms with van der Waals surface area (Å²) < 4.78 is 4.63.